The Bertz CT molecular complexity index is 347. The molecule has 1 aliphatic rings. The van der Waals surface area contributed by atoms with Crippen molar-refractivity contribution in [3.63, 3.8) is 0 Å². The largest absolute Gasteiger partial charge is 0.387 e. The first kappa shape index (κ1) is 10.1. The molecule has 0 atom stereocenters. The second-order valence-electron chi connectivity index (χ2n) is 4.03. The zero-order valence-corrected chi connectivity index (χ0v) is 9.76. The second-order valence-corrected chi connectivity index (χ2v) is 4.88. The van der Waals surface area contributed by atoms with Crippen molar-refractivity contribution in [2.75, 3.05) is 13.1 Å². The van der Waals surface area contributed by atoms with Crippen LogP contribution < -0.4 is 5.32 Å². The van der Waals surface area contributed by atoms with Crippen LogP contribution in [0.2, 0.25) is 0 Å². The molecule has 1 heterocycles. The molecule has 0 radical (unpaired) electrons. The van der Waals surface area contributed by atoms with Crippen LogP contribution in [-0.2, 0) is 6.42 Å². The first-order valence-corrected chi connectivity index (χ1v) is 5.57. The lowest BCUT2D eigenvalue weighted by Crippen LogP contribution is -2.60. The summed E-state index contributed by atoms with van der Waals surface area (Å²) in [5, 5.41) is 13.1. The number of benzene rings is 1. The molecule has 1 aliphatic heterocycles. The van der Waals surface area contributed by atoms with Crippen LogP contribution >= 0.6 is 15.9 Å². The molecule has 1 saturated heterocycles. The summed E-state index contributed by atoms with van der Waals surface area (Å²) in [6.07, 6.45) is 0.741. The Labute approximate surface area is 92.5 Å². The summed E-state index contributed by atoms with van der Waals surface area (Å²) in [4.78, 5) is 0. The Balaban J connectivity index is 2.20. The fourth-order valence-corrected chi connectivity index (χ4v) is 2.14. The molecule has 1 fully saturated rings. The average molecular weight is 256 g/mol. The van der Waals surface area contributed by atoms with Gasteiger partial charge in [-0.05, 0) is 24.1 Å². The van der Waals surface area contributed by atoms with Crippen molar-refractivity contribution in [2.24, 2.45) is 0 Å². The molecule has 0 amide bonds. The molecule has 0 saturated carbocycles. The van der Waals surface area contributed by atoms with E-state index in [-0.39, 0.29) is 0 Å². The molecule has 2 nitrogen and oxygen atoms in total. The third-order valence-corrected chi connectivity index (χ3v) is 3.67. The van der Waals surface area contributed by atoms with Crippen LogP contribution in [0.5, 0.6) is 0 Å². The zero-order chi connectivity index (χ0) is 10.2. The molecule has 1 aromatic rings. The summed E-state index contributed by atoms with van der Waals surface area (Å²) in [6.45, 7) is 3.49. The van der Waals surface area contributed by atoms with E-state index in [4.69, 9.17) is 0 Å². The minimum atomic E-state index is -0.522. The Morgan fingerprint density at radius 1 is 1.50 bits per heavy atom. The molecule has 0 bridgehead atoms. The highest BCUT2D eigenvalue weighted by Gasteiger charge is 2.34. The van der Waals surface area contributed by atoms with Crippen molar-refractivity contribution < 1.29 is 5.11 Å². The van der Waals surface area contributed by atoms with Gasteiger partial charge in [0.15, 0.2) is 0 Å². The molecule has 0 aliphatic carbocycles. The first-order chi connectivity index (χ1) is 6.61. The fourth-order valence-electron chi connectivity index (χ4n) is 1.74. The predicted octanol–water partition coefficient (Wildman–Crippen LogP) is 1.63. The van der Waals surface area contributed by atoms with Gasteiger partial charge in [0.25, 0.3) is 0 Å². The van der Waals surface area contributed by atoms with Crippen LogP contribution in [-0.4, -0.2) is 23.8 Å². The number of rotatable bonds is 2. The van der Waals surface area contributed by atoms with Crippen LogP contribution in [0.15, 0.2) is 22.7 Å². The highest BCUT2D eigenvalue weighted by Crippen LogP contribution is 2.24. The van der Waals surface area contributed by atoms with Gasteiger partial charge in [0, 0.05) is 24.0 Å². The van der Waals surface area contributed by atoms with E-state index in [1.54, 1.807) is 0 Å². The van der Waals surface area contributed by atoms with Crippen LogP contribution in [0.3, 0.4) is 0 Å². The lowest BCUT2D eigenvalue weighted by atomic mass is 9.87. The van der Waals surface area contributed by atoms with Gasteiger partial charge in [-0.2, -0.15) is 0 Å². The Kier molecular flexibility index (Phi) is 2.64. The normalized spacial score (nSPS) is 19.1. The van der Waals surface area contributed by atoms with Crippen molar-refractivity contribution in [3.05, 3.63) is 33.8 Å². The summed E-state index contributed by atoms with van der Waals surface area (Å²) in [5.41, 5.74) is 1.93. The topological polar surface area (TPSA) is 32.3 Å². The maximum atomic E-state index is 10.0. The van der Waals surface area contributed by atoms with E-state index in [1.165, 1.54) is 11.1 Å². The monoisotopic (exact) mass is 255 g/mol. The molecule has 3 heteroatoms. The summed E-state index contributed by atoms with van der Waals surface area (Å²) in [5.74, 6) is 0. The number of hydrogen-bond donors (Lipinski definition) is 2. The summed E-state index contributed by atoms with van der Waals surface area (Å²) in [6, 6.07) is 6.13. The van der Waals surface area contributed by atoms with E-state index in [0.717, 1.165) is 10.9 Å². The Hall–Kier alpha value is -0.380. The average Bonchev–Trinajstić information content (AvgIpc) is 2.10. The van der Waals surface area contributed by atoms with Crippen molar-refractivity contribution >= 4 is 15.9 Å². The lowest BCUT2D eigenvalue weighted by Gasteiger charge is -2.38. The SMILES string of the molecule is Cc1c(Br)cccc1CC1(O)CNC1. The fraction of sp³-hybridized carbons (Fsp3) is 0.455. The van der Waals surface area contributed by atoms with E-state index in [1.807, 2.05) is 12.1 Å². The van der Waals surface area contributed by atoms with Gasteiger partial charge in [-0.15, -0.1) is 0 Å². The molecule has 0 unspecified atom stereocenters. The Morgan fingerprint density at radius 3 is 2.79 bits per heavy atom. The number of β-amino-alcohol motifs (C(OH)–C–C–N with tert-alkyl or cyclic N) is 1. The predicted molar refractivity (Wildman–Crippen MR) is 60.4 cm³/mol. The van der Waals surface area contributed by atoms with Gasteiger partial charge < -0.3 is 10.4 Å². The van der Waals surface area contributed by atoms with Crippen LogP contribution in [0, 0.1) is 6.92 Å². The third kappa shape index (κ3) is 1.85. The minimum absolute atomic E-state index is 0.522. The molecule has 0 spiro atoms. The number of hydrogen-bond acceptors (Lipinski definition) is 2. The van der Waals surface area contributed by atoms with Crippen molar-refractivity contribution in [3.8, 4) is 0 Å². The molecule has 2 N–H and O–H groups in total. The highest BCUT2D eigenvalue weighted by atomic mass is 79.9. The van der Waals surface area contributed by atoms with E-state index in [0.29, 0.717) is 13.1 Å². The van der Waals surface area contributed by atoms with Gasteiger partial charge in [-0.25, -0.2) is 0 Å². The number of aliphatic hydroxyl groups is 1. The molecule has 76 valence electrons. The van der Waals surface area contributed by atoms with Crippen molar-refractivity contribution in [2.45, 2.75) is 18.9 Å². The quantitative estimate of drug-likeness (QED) is 0.843. The molecule has 14 heavy (non-hydrogen) atoms. The smallest absolute Gasteiger partial charge is 0.0935 e. The van der Waals surface area contributed by atoms with Gasteiger partial charge >= 0.3 is 0 Å². The molecular formula is C11H14BrNO. The van der Waals surface area contributed by atoms with Crippen LogP contribution in [0.4, 0.5) is 0 Å². The van der Waals surface area contributed by atoms with Gasteiger partial charge in [-0.3, -0.25) is 0 Å². The molecule has 2 rings (SSSR count). The minimum Gasteiger partial charge on any atom is -0.387 e. The summed E-state index contributed by atoms with van der Waals surface area (Å²) < 4.78 is 1.12. The highest BCUT2D eigenvalue weighted by molar-refractivity contribution is 9.10. The summed E-state index contributed by atoms with van der Waals surface area (Å²) in [7, 11) is 0. The first-order valence-electron chi connectivity index (χ1n) is 4.78. The van der Waals surface area contributed by atoms with E-state index in [2.05, 4.69) is 34.2 Å². The van der Waals surface area contributed by atoms with Crippen molar-refractivity contribution in [1.29, 1.82) is 0 Å². The molecule has 1 aromatic carbocycles. The maximum Gasteiger partial charge on any atom is 0.0935 e. The molecule has 0 aromatic heterocycles. The van der Waals surface area contributed by atoms with E-state index < -0.39 is 5.60 Å². The van der Waals surface area contributed by atoms with Gasteiger partial charge in [0.1, 0.15) is 0 Å². The van der Waals surface area contributed by atoms with E-state index >= 15 is 0 Å². The Morgan fingerprint density at radius 2 is 2.21 bits per heavy atom. The van der Waals surface area contributed by atoms with Crippen molar-refractivity contribution in [1.82, 2.24) is 5.32 Å². The zero-order valence-electron chi connectivity index (χ0n) is 8.18. The lowest BCUT2D eigenvalue weighted by molar-refractivity contribution is -0.00915. The van der Waals surface area contributed by atoms with Gasteiger partial charge in [0.05, 0.1) is 5.60 Å². The van der Waals surface area contributed by atoms with Gasteiger partial charge in [0.2, 0.25) is 0 Å². The summed E-state index contributed by atoms with van der Waals surface area (Å²) >= 11 is 3.50. The standard InChI is InChI=1S/C11H14BrNO/c1-8-9(3-2-4-10(8)12)5-11(14)6-13-7-11/h2-4,13-14H,5-7H2,1H3. The molecular weight excluding hydrogens is 242 g/mol. The van der Waals surface area contributed by atoms with Crippen LogP contribution in [0.1, 0.15) is 11.1 Å². The maximum absolute atomic E-state index is 10.0. The van der Waals surface area contributed by atoms with Gasteiger partial charge in [-0.1, -0.05) is 28.1 Å². The van der Waals surface area contributed by atoms with Crippen LogP contribution in [0.25, 0.3) is 0 Å². The number of halogens is 1. The second kappa shape index (κ2) is 3.65. The van der Waals surface area contributed by atoms with E-state index in [9.17, 15) is 5.11 Å². The third-order valence-electron chi connectivity index (χ3n) is 2.81. The number of nitrogens with one attached hydrogen (secondary N) is 1.